The predicted molar refractivity (Wildman–Crippen MR) is 64.8 cm³/mol. The van der Waals surface area contributed by atoms with Crippen LogP contribution in [0.2, 0.25) is 0 Å². The summed E-state index contributed by atoms with van der Waals surface area (Å²) >= 11 is 5.06. The Bertz CT molecular complexity index is 466. The van der Waals surface area contributed by atoms with Gasteiger partial charge < -0.3 is 10.8 Å². The lowest BCUT2D eigenvalue weighted by atomic mass is 10.1. The number of halogens is 1. The van der Waals surface area contributed by atoms with E-state index in [-0.39, 0.29) is 6.61 Å². The SMILES string of the molecule is Nc1c(CBr)cc2sccc2c1CO. The summed E-state index contributed by atoms with van der Waals surface area (Å²) in [7, 11) is 0. The molecule has 0 fully saturated rings. The summed E-state index contributed by atoms with van der Waals surface area (Å²) in [6.45, 7) is -0.0000926. The van der Waals surface area contributed by atoms with Crippen LogP contribution < -0.4 is 5.73 Å². The molecule has 2 nitrogen and oxygen atoms in total. The van der Waals surface area contributed by atoms with Crippen molar-refractivity contribution in [3.63, 3.8) is 0 Å². The molecule has 4 heteroatoms. The first-order valence-corrected chi connectivity index (χ1v) is 6.22. The lowest BCUT2D eigenvalue weighted by molar-refractivity contribution is 0.284. The highest BCUT2D eigenvalue weighted by Crippen LogP contribution is 2.32. The molecule has 0 saturated heterocycles. The van der Waals surface area contributed by atoms with Crippen molar-refractivity contribution in [3.8, 4) is 0 Å². The van der Waals surface area contributed by atoms with Gasteiger partial charge in [0.2, 0.25) is 0 Å². The molecule has 0 amide bonds. The van der Waals surface area contributed by atoms with E-state index in [9.17, 15) is 5.11 Å². The minimum absolute atomic E-state index is 0.0000926. The van der Waals surface area contributed by atoms with Gasteiger partial charge in [-0.1, -0.05) is 15.9 Å². The van der Waals surface area contributed by atoms with Crippen molar-refractivity contribution in [2.75, 3.05) is 5.73 Å². The van der Waals surface area contributed by atoms with Crippen LogP contribution in [0.3, 0.4) is 0 Å². The Labute approximate surface area is 94.5 Å². The van der Waals surface area contributed by atoms with E-state index in [1.165, 1.54) is 4.70 Å². The molecule has 3 N–H and O–H groups in total. The highest BCUT2D eigenvalue weighted by molar-refractivity contribution is 9.08. The van der Waals surface area contributed by atoms with Crippen LogP contribution in [0.15, 0.2) is 17.5 Å². The number of benzene rings is 1. The van der Waals surface area contributed by atoms with Gasteiger partial charge in [-0.2, -0.15) is 0 Å². The molecule has 2 rings (SSSR count). The van der Waals surface area contributed by atoms with Crippen LogP contribution in [-0.4, -0.2) is 5.11 Å². The first kappa shape index (κ1) is 9.96. The maximum absolute atomic E-state index is 9.26. The van der Waals surface area contributed by atoms with E-state index in [0.29, 0.717) is 5.69 Å². The van der Waals surface area contributed by atoms with Gasteiger partial charge in [-0.05, 0) is 23.1 Å². The second-order valence-corrected chi connectivity index (χ2v) is 4.56. The third kappa shape index (κ3) is 1.43. The Morgan fingerprint density at radius 1 is 1.50 bits per heavy atom. The molecule has 1 aromatic carbocycles. The molecule has 1 heterocycles. The number of hydrogen-bond acceptors (Lipinski definition) is 3. The summed E-state index contributed by atoms with van der Waals surface area (Å²) < 4.78 is 1.18. The molecule has 74 valence electrons. The van der Waals surface area contributed by atoms with Crippen LogP contribution in [0, 0.1) is 0 Å². The van der Waals surface area contributed by atoms with Crippen molar-refractivity contribution < 1.29 is 5.11 Å². The minimum Gasteiger partial charge on any atom is -0.398 e. The highest BCUT2D eigenvalue weighted by atomic mass is 79.9. The van der Waals surface area contributed by atoms with E-state index >= 15 is 0 Å². The van der Waals surface area contributed by atoms with Gasteiger partial charge in [0.25, 0.3) is 0 Å². The molecular formula is C10H10BrNOS. The van der Waals surface area contributed by atoms with Crippen LogP contribution in [0.25, 0.3) is 10.1 Å². The van der Waals surface area contributed by atoms with E-state index in [2.05, 4.69) is 22.0 Å². The monoisotopic (exact) mass is 271 g/mol. The van der Waals surface area contributed by atoms with E-state index < -0.39 is 0 Å². The van der Waals surface area contributed by atoms with Gasteiger partial charge in [0, 0.05) is 26.7 Å². The number of hydrogen-bond donors (Lipinski definition) is 2. The topological polar surface area (TPSA) is 46.2 Å². The Morgan fingerprint density at radius 2 is 2.29 bits per heavy atom. The molecule has 0 bridgehead atoms. The zero-order valence-electron chi connectivity index (χ0n) is 7.46. The quantitative estimate of drug-likeness (QED) is 0.652. The molecule has 0 spiro atoms. The minimum atomic E-state index is -0.0000926. The summed E-state index contributed by atoms with van der Waals surface area (Å²) in [5.74, 6) is 0. The standard InChI is InChI=1S/C10H10BrNOS/c11-4-6-3-9-7(1-2-14-9)8(5-13)10(6)12/h1-3,13H,4-5,12H2. The van der Waals surface area contributed by atoms with Gasteiger partial charge >= 0.3 is 0 Å². The fourth-order valence-corrected chi connectivity index (χ4v) is 2.88. The molecule has 0 aliphatic heterocycles. The Morgan fingerprint density at radius 3 is 2.93 bits per heavy atom. The maximum atomic E-state index is 9.26. The Hall–Kier alpha value is -0.580. The van der Waals surface area contributed by atoms with Crippen molar-refractivity contribution in [2.45, 2.75) is 11.9 Å². The van der Waals surface area contributed by atoms with Gasteiger partial charge in [-0.15, -0.1) is 11.3 Å². The number of fused-ring (bicyclic) bond motifs is 1. The van der Waals surface area contributed by atoms with E-state index in [0.717, 1.165) is 21.8 Å². The van der Waals surface area contributed by atoms with E-state index in [1.807, 2.05) is 11.4 Å². The summed E-state index contributed by atoms with van der Waals surface area (Å²) in [6, 6.07) is 4.07. The van der Waals surface area contributed by atoms with Gasteiger partial charge in [-0.25, -0.2) is 0 Å². The molecule has 2 aromatic rings. The van der Waals surface area contributed by atoms with Crippen LogP contribution in [-0.2, 0) is 11.9 Å². The molecule has 1 aromatic heterocycles. The first-order valence-electron chi connectivity index (χ1n) is 4.22. The maximum Gasteiger partial charge on any atom is 0.0708 e. The number of rotatable bonds is 2. The Kier molecular flexibility index (Phi) is 2.76. The molecule has 0 radical (unpaired) electrons. The fraction of sp³-hybridized carbons (Fsp3) is 0.200. The number of nitrogens with two attached hydrogens (primary N) is 1. The van der Waals surface area contributed by atoms with Gasteiger partial charge in [0.05, 0.1) is 6.61 Å². The van der Waals surface area contributed by atoms with Crippen molar-refractivity contribution in [2.24, 2.45) is 0 Å². The zero-order valence-corrected chi connectivity index (χ0v) is 9.86. The largest absolute Gasteiger partial charge is 0.398 e. The molecule has 0 aliphatic rings. The van der Waals surface area contributed by atoms with Crippen molar-refractivity contribution in [3.05, 3.63) is 28.6 Å². The number of aliphatic hydroxyl groups excluding tert-OH is 1. The van der Waals surface area contributed by atoms with Crippen LogP contribution in [0.1, 0.15) is 11.1 Å². The van der Waals surface area contributed by atoms with Crippen molar-refractivity contribution >= 4 is 43.0 Å². The second kappa shape index (κ2) is 3.88. The van der Waals surface area contributed by atoms with Crippen molar-refractivity contribution in [1.82, 2.24) is 0 Å². The fourth-order valence-electron chi connectivity index (χ4n) is 1.54. The second-order valence-electron chi connectivity index (χ2n) is 3.05. The lowest BCUT2D eigenvalue weighted by Crippen LogP contribution is -1.98. The van der Waals surface area contributed by atoms with E-state index in [4.69, 9.17) is 5.73 Å². The number of nitrogen functional groups attached to an aromatic ring is 1. The van der Waals surface area contributed by atoms with Crippen LogP contribution >= 0.6 is 27.3 Å². The molecule has 0 unspecified atom stereocenters. The summed E-state index contributed by atoms with van der Waals surface area (Å²) in [5, 5.41) is 13.1. The number of alkyl halides is 1. The molecular weight excluding hydrogens is 262 g/mol. The predicted octanol–water partition coefficient (Wildman–Crippen LogP) is 2.87. The van der Waals surface area contributed by atoms with Gasteiger partial charge in [0.15, 0.2) is 0 Å². The first-order chi connectivity index (χ1) is 6.77. The summed E-state index contributed by atoms with van der Waals surface area (Å²) in [6.07, 6.45) is 0. The molecule has 0 saturated carbocycles. The Balaban J connectivity index is 2.80. The third-order valence-electron chi connectivity index (χ3n) is 2.30. The number of anilines is 1. The van der Waals surface area contributed by atoms with Crippen molar-refractivity contribution in [1.29, 1.82) is 0 Å². The number of aliphatic hydroxyl groups is 1. The third-order valence-corrected chi connectivity index (χ3v) is 3.77. The average molecular weight is 272 g/mol. The van der Waals surface area contributed by atoms with Crippen LogP contribution in [0.5, 0.6) is 0 Å². The normalized spacial score (nSPS) is 11.0. The lowest BCUT2D eigenvalue weighted by Gasteiger charge is -2.08. The molecule has 0 aliphatic carbocycles. The molecule has 0 atom stereocenters. The van der Waals surface area contributed by atoms with Gasteiger partial charge in [-0.3, -0.25) is 0 Å². The van der Waals surface area contributed by atoms with Crippen LogP contribution in [0.4, 0.5) is 5.69 Å². The summed E-state index contributed by atoms with van der Waals surface area (Å²) in [5.41, 5.74) is 8.54. The smallest absolute Gasteiger partial charge is 0.0708 e. The molecule has 14 heavy (non-hydrogen) atoms. The van der Waals surface area contributed by atoms with E-state index in [1.54, 1.807) is 11.3 Å². The zero-order chi connectivity index (χ0) is 10.1. The average Bonchev–Trinajstić information content (AvgIpc) is 2.64. The number of thiophene rings is 1. The summed E-state index contributed by atoms with van der Waals surface area (Å²) in [4.78, 5) is 0. The highest BCUT2D eigenvalue weighted by Gasteiger charge is 2.09. The van der Waals surface area contributed by atoms with Gasteiger partial charge in [0.1, 0.15) is 0 Å².